The second-order valence-corrected chi connectivity index (χ2v) is 6.94. The van der Waals surface area contributed by atoms with Gasteiger partial charge in [0.2, 0.25) is 5.91 Å². The summed E-state index contributed by atoms with van der Waals surface area (Å²) in [6, 6.07) is 12.7. The van der Waals surface area contributed by atoms with Crippen LogP contribution in [0.3, 0.4) is 0 Å². The maximum Gasteiger partial charge on any atom is 0.228 e. The van der Waals surface area contributed by atoms with Crippen molar-refractivity contribution in [2.75, 3.05) is 18.5 Å². The Hall–Kier alpha value is -3.28. The van der Waals surface area contributed by atoms with Crippen LogP contribution < -0.4 is 20.2 Å². The summed E-state index contributed by atoms with van der Waals surface area (Å²) in [5.74, 6) is 1.65. The molecule has 1 aromatic heterocycles. The first-order valence-corrected chi connectivity index (χ1v) is 9.01. The molecule has 2 N–H and O–H groups in total. The van der Waals surface area contributed by atoms with Gasteiger partial charge in [-0.05, 0) is 48.2 Å². The number of benzene rings is 2. The van der Waals surface area contributed by atoms with Crippen molar-refractivity contribution in [3.8, 4) is 11.5 Å². The second-order valence-electron chi connectivity index (χ2n) is 6.94. The maximum absolute atomic E-state index is 12.6. The summed E-state index contributed by atoms with van der Waals surface area (Å²) < 4.78 is 11.2. The molecule has 1 amide bonds. The Morgan fingerprint density at radius 2 is 1.89 bits per heavy atom. The summed E-state index contributed by atoms with van der Waals surface area (Å²) in [5.41, 5.74) is 2.45. The van der Waals surface area contributed by atoms with Crippen LogP contribution in [0.1, 0.15) is 17.9 Å². The van der Waals surface area contributed by atoms with Gasteiger partial charge in [-0.15, -0.1) is 0 Å². The van der Waals surface area contributed by atoms with E-state index in [1.807, 2.05) is 18.2 Å². The van der Waals surface area contributed by atoms with Gasteiger partial charge in [-0.2, -0.15) is 0 Å². The molecular formula is C21H18N2O4. The molecule has 2 aliphatic rings. The molecule has 2 atom stereocenters. The number of hydrogen-bond donors (Lipinski definition) is 2. The number of ether oxygens (including phenoxy) is 2. The van der Waals surface area contributed by atoms with Gasteiger partial charge >= 0.3 is 0 Å². The number of H-pyrrole nitrogens is 1. The Morgan fingerprint density at radius 1 is 1.04 bits per heavy atom. The first-order chi connectivity index (χ1) is 13.2. The number of aromatic nitrogens is 1. The third-order valence-electron chi connectivity index (χ3n) is 5.15. The summed E-state index contributed by atoms with van der Waals surface area (Å²) in [6.45, 7) is 1.12. The zero-order valence-corrected chi connectivity index (χ0v) is 14.5. The molecule has 0 radical (unpaired) electrons. The predicted octanol–water partition coefficient (Wildman–Crippen LogP) is 3.04. The van der Waals surface area contributed by atoms with Crippen molar-refractivity contribution in [3.05, 3.63) is 64.4 Å². The summed E-state index contributed by atoms with van der Waals surface area (Å²) in [7, 11) is 0. The van der Waals surface area contributed by atoms with Crippen LogP contribution in [0.4, 0.5) is 5.69 Å². The highest BCUT2D eigenvalue weighted by Gasteiger charge is 2.44. The van der Waals surface area contributed by atoms with Gasteiger partial charge in [0.25, 0.3) is 0 Å². The molecule has 136 valence electrons. The number of amides is 1. The highest BCUT2D eigenvalue weighted by molar-refractivity contribution is 5.97. The van der Waals surface area contributed by atoms with E-state index in [1.165, 1.54) is 6.07 Å². The van der Waals surface area contributed by atoms with E-state index in [0.717, 1.165) is 23.5 Å². The third kappa shape index (κ3) is 2.93. The minimum absolute atomic E-state index is 0.00693. The normalized spacial score (nSPS) is 20.3. The molecule has 2 aromatic carbocycles. The Kier molecular flexibility index (Phi) is 3.63. The van der Waals surface area contributed by atoms with E-state index in [0.29, 0.717) is 29.8 Å². The zero-order chi connectivity index (χ0) is 18.4. The fourth-order valence-electron chi connectivity index (χ4n) is 3.63. The number of anilines is 1. The minimum Gasteiger partial charge on any atom is -0.486 e. The highest BCUT2D eigenvalue weighted by Crippen LogP contribution is 2.49. The molecule has 0 saturated heterocycles. The van der Waals surface area contributed by atoms with Crippen molar-refractivity contribution < 1.29 is 14.3 Å². The quantitative estimate of drug-likeness (QED) is 0.750. The lowest BCUT2D eigenvalue weighted by molar-refractivity contribution is -0.117. The van der Waals surface area contributed by atoms with E-state index < -0.39 is 0 Å². The number of carbonyl (C=O) groups is 1. The molecule has 0 unspecified atom stereocenters. The predicted molar refractivity (Wildman–Crippen MR) is 101 cm³/mol. The number of rotatable bonds is 3. The lowest BCUT2D eigenvalue weighted by Crippen LogP contribution is -2.16. The molecule has 0 spiro atoms. The number of aromatic amines is 1. The van der Waals surface area contributed by atoms with Crippen LogP contribution in [0.15, 0.2) is 53.5 Å². The number of carbonyl (C=O) groups excluding carboxylic acids is 1. The van der Waals surface area contributed by atoms with Gasteiger partial charge in [-0.25, -0.2) is 0 Å². The molecular weight excluding hydrogens is 344 g/mol. The summed E-state index contributed by atoms with van der Waals surface area (Å²) in [6.07, 6.45) is 2.42. The van der Waals surface area contributed by atoms with Crippen molar-refractivity contribution in [2.24, 2.45) is 5.92 Å². The van der Waals surface area contributed by atoms with E-state index in [1.54, 1.807) is 24.4 Å². The van der Waals surface area contributed by atoms with Crippen LogP contribution in [0.2, 0.25) is 0 Å². The van der Waals surface area contributed by atoms with Crippen LogP contribution >= 0.6 is 0 Å². The number of hydrogen-bond acceptors (Lipinski definition) is 4. The fraction of sp³-hybridized carbons (Fsp3) is 0.238. The van der Waals surface area contributed by atoms with Crippen molar-refractivity contribution in [1.29, 1.82) is 0 Å². The van der Waals surface area contributed by atoms with Crippen LogP contribution in [0, 0.1) is 5.92 Å². The molecule has 3 aromatic rings. The highest BCUT2D eigenvalue weighted by atomic mass is 16.6. The molecule has 6 heteroatoms. The van der Waals surface area contributed by atoms with E-state index in [2.05, 4.69) is 10.3 Å². The van der Waals surface area contributed by atoms with Gasteiger partial charge in [0.1, 0.15) is 13.2 Å². The summed E-state index contributed by atoms with van der Waals surface area (Å²) in [5, 5.41) is 3.57. The fourth-order valence-corrected chi connectivity index (χ4v) is 3.63. The van der Waals surface area contributed by atoms with Gasteiger partial charge in [0.05, 0.1) is 5.52 Å². The Morgan fingerprint density at radius 3 is 2.78 bits per heavy atom. The third-order valence-corrected chi connectivity index (χ3v) is 5.15. The molecule has 2 heterocycles. The van der Waals surface area contributed by atoms with Crippen molar-refractivity contribution in [3.63, 3.8) is 0 Å². The average molecular weight is 362 g/mol. The molecule has 6 nitrogen and oxygen atoms in total. The van der Waals surface area contributed by atoms with Crippen LogP contribution in [-0.4, -0.2) is 24.1 Å². The number of fused-ring (bicyclic) bond motifs is 2. The molecule has 1 aliphatic heterocycles. The van der Waals surface area contributed by atoms with Crippen molar-refractivity contribution >= 4 is 22.5 Å². The van der Waals surface area contributed by atoms with Crippen molar-refractivity contribution in [2.45, 2.75) is 12.3 Å². The van der Waals surface area contributed by atoms with Gasteiger partial charge in [-0.1, -0.05) is 6.07 Å². The topological polar surface area (TPSA) is 80.4 Å². The molecule has 27 heavy (non-hydrogen) atoms. The van der Waals surface area contributed by atoms with Gasteiger partial charge in [0, 0.05) is 29.3 Å². The molecule has 5 rings (SSSR count). The van der Waals surface area contributed by atoms with E-state index in [9.17, 15) is 9.59 Å². The Labute approximate surface area is 155 Å². The van der Waals surface area contributed by atoms with Crippen LogP contribution in [0.25, 0.3) is 10.9 Å². The zero-order valence-electron chi connectivity index (χ0n) is 14.5. The molecule has 1 aliphatic carbocycles. The first kappa shape index (κ1) is 15.9. The van der Waals surface area contributed by atoms with Gasteiger partial charge in [-0.3, -0.25) is 9.59 Å². The summed E-state index contributed by atoms with van der Waals surface area (Å²) >= 11 is 0. The molecule has 1 fully saturated rings. The van der Waals surface area contributed by atoms with Gasteiger partial charge < -0.3 is 19.8 Å². The Bertz CT molecular complexity index is 1100. The Balaban J connectivity index is 1.31. The van der Waals surface area contributed by atoms with E-state index in [4.69, 9.17) is 9.47 Å². The van der Waals surface area contributed by atoms with Crippen molar-refractivity contribution in [1.82, 2.24) is 4.98 Å². The van der Waals surface area contributed by atoms with E-state index >= 15 is 0 Å². The molecule has 1 saturated carbocycles. The SMILES string of the molecule is O=C(Nc1ccc2c(=O)cc[nH]c2c1)[C@H]1C[C@H]1c1ccc2c(c1)OCCO2. The monoisotopic (exact) mass is 362 g/mol. The van der Waals surface area contributed by atoms with Crippen LogP contribution in [0.5, 0.6) is 11.5 Å². The lowest BCUT2D eigenvalue weighted by atomic mass is 10.1. The smallest absolute Gasteiger partial charge is 0.228 e. The van der Waals surface area contributed by atoms with Gasteiger partial charge in [0.15, 0.2) is 16.9 Å². The first-order valence-electron chi connectivity index (χ1n) is 9.01. The van der Waals surface area contributed by atoms with E-state index in [-0.39, 0.29) is 23.2 Å². The standard InChI is InChI=1S/C21H18N2O4/c24-18-5-6-22-17-10-13(2-3-14(17)18)23-21(25)16-11-15(16)12-1-4-19-20(9-12)27-8-7-26-19/h1-6,9-10,15-16H,7-8,11H2,(H,22,24)(H,23,25)/t15-,16-/m0/s1. The lowest BCUT2D eigenvalue weighted by Gasteiger charge is -2.18. The summed E-state index contributed by atoms with van der Waals surface area (Å²) in [4.78, 5) is 27.5. The number of pyridine rings is 1. The average Bonchev–Trinajstić information content (AvgIpc) is 3.49. The number of nitrogens with one attached hydrogen (secondary N) is 2. The molecule has 0 bridgehead atoms. The van der Waals surface area contributed by atoms with Crippen LogP contribution in [-0.2, 0) is 4.79 Å². The minimum atomic E-state index is -0.0573. The maximum atomic E-state index is 12.6. The second kappa shape index (κ2) is 6.16. The largest absolute Gasteiger partial charge is 0.486 e.